The number of ether oxygens (including phenoxy) is 1. The van der Waals surface area contributed by atoms with Crippen LogP contribution in [0, 0.1) is 0 Å². The van der Waals surface area contributed by atoms with Crippen LogP contribution in [0.3, 0.4) is 0 Å². The third kappa shape index (κ3) is 2.44. The van der Waals surface area contributed by atoms with Crippen molar-refractivity contribution in [1.82, 2.24) is 5.32 Å². The summed E-state index contributed by atoms with van der Waals surface area (Å²) in [5.41, 5.74) is 0.0388. The van der Waals surface area contributed by atoms with E-state index >= 15 is 0 Å². The molecule has 2 N–H and O–H groups in total. The van der Waals surface area contributed by atoms with Crippen LogP contribution in [-0.2, 0) is 4.74 Å². The predicted molar refractivity (Wildman–Crippen MR) is 48.2 cm³/mol. The van der Waals surface area contributed by atoms with Gasteiger partial charge < -0.3 is 15.2 Å². The first-order chi connectivity index (χ1) is 5.83. The molecule has 12 heavy (non-hydrogen) atoms. The van der Waals surface area contributed by atoms with E-state index in [1.54, 1.807) is 0 Å². The van der Waals surface area contributed by atoms with Gasteiger partial charge in [0.05, 0.1) is 13.2 Å². The lowest BCUT2D eigenvalue weighted by Crippen LogP contribution is -2.54. The summed E-state index contributed by atoms with van der Waals surface area (Å²) in [6.45, 7) is 4.63. The van der Waals surface area contributed by atoms with Gasteiger partial charge in [-0.25, -0.2) is 0 Å². The van der Waals surface area contributed by atoms with E-state index in [0.29, 0.717) is 0 Å². The molecule has 0 aromatic rings. The molecule has 0 saturated heterocycles. The van der Waals surface area contributed by atoms with Crippen LogP contribution in [0.15, 0.2) is 0 Å². The van der Waals surface area contributed by atoms with Gasteiger partial charge in [0.25, 0.3) is 0 Å². The fourth-order valence-corrected chi connectivity index (χ4v) is 1.53. The average molecular weight is 173 g/mol. The van der Waals surface area contributed by atoms with Crippen LogP contribution >= 0.6 is 0 Å². The summed E-state index contributed by atoms with van der Waals surface area (Å²) in [5.74, 6) is 0. The van der Waals surface area contributed by atoms with Crippen molar-refractivity contribution in [1.29, 1.82) is 0 Å². The second kappa shape index (κ2) is 4.80. The normalized spacial score (nSPS) is 20.5. The third-order valence-corrected chi connectivity index (χ3v) is 2.56. The van der Waals surface area contributed by atoms with E-state index in [1.807, 2.05) is 6.92 Å². The molecule has 1 aliphatic carbocycles. The van der Waals surface area contributed by atoms with Crippen molar-refractivity contribution in [3.63, 3.8) is 0 Å². The zero-order chi connectivity index (χ0) is 8.86. The quantitative estimate of drug-likeness (QED) is 0.576. The van der Waals surface area contributed by atoms with Crippen LogP contribution in [0.4, 0.5) is 0 Å². The Morgan fingerprint density at radius 2 is 2.25 bits per heavy atom. The summed E-state index contributed by atoms with van der Waals surface area (Å²) in [5, 5.41) is 12.4. The van der Waals surface area contributed by atoms with Crippen LogP contribution in [0.1, 0.15) is 26.2 Å². The molecule has 1 rings (SSSR count). The second-order valence-electron chi connectivity index (χ2n) is 3.42. The van der Waals surface area contributed by atoms with Crippen molar-refractivity contribution in [3.8, 4) is 0 Å². The van der Waals surface area contributed by atoms with E-state index in [4.69, 9.17) is 9.84 Å². The molecule has 3 heteroatoms. The summed E-state index contributed by atoms with van der Waals surface area (Å²) in [6.07, 6.45) is 3.45. The van der Waals surface area contributed by atoms with Gasteiger partial charge in [-0.15, -0.1) is 0 Å². The maximum atomic E-state index is 9.09. The average Bonchev–Trinajstić information content (AvgIpc) is 2.02. The molecule has 1 aliphatic rings. The molecule has 0 amide bonds. The third-order valence-electron chi connectivity index (χ3n) is 2.56. The van der Waals surface area contributed by atoms with E-state index in [-0.39, 0.29) is 12.1 Å². The number of nitrogens with one attached hydrogen (secondary N) is 1. The van der Waals surface area contributed by atoms with Gasteiger partial charge >= 0.3 is 0 Å². The highest BCUT2D eigenvalue weighted by Gasteiger charge is 2.35. The van der Waals surface area contributed by atoms with E-state index < -0.39 is 0 Å². The van der Waals surface area contributed by atoms with Crippen molar-refractivity contribution in [2.24, 2.45) is 0 Å². The minimum Gasteiger partial charge on any atom is -0.394 e. The molecule has 0 atom stereocenters. The first-order valence-corrected chi connectivity index (χ1v) is 4.76. The monoisotopic (exact) mass is 173 g/mol. The lowest BCUT2D eigenvalue weighted by molar-refractivity contribution is 0.0729. The van der Waals surface area contributed by atoms with Crippen LogP contribution in [-0.4, -0.2) is 37.0 Å². The second-order valence-corrected chi connectivity index (χ2v) is 3.42. The van der Waals surface area contributed by atoms with E-state index in [9.17, 15) is 0 Å². The summed E-state index contributed by atoms with van der Waals surface area (Å²) in [4.78, 5) is 0. The smallest absolute Gasteiger partial charge is 0.0613 e. The molecule has 0 aromatic carbocycles. The molecule has 0 unspecified atom stereocenters. The van der Waals surface area contributed by atoms with Crippen molar-refractivity contribution in [2.45, 2.75) is 31.7 Å². The molecule has 0 radical (unpaired) electrons. The van der Waals surface area contributed by atoms with Crippen molar-refractivity contribution < 1.29 is 9.84 Å². The Morgan fingerprint density at radius 3 is 2.67 bits per heavy atom. The van der Waals surface area contributed by atoms with E-state index in [2.05, 4.69) is 5.32 Å². The van der Waals surface area contributed by atoms with E-state index in [0.717, 1.165) is 32.6 Å². The van der Waals surface area contributed by atoms with E-state index in [1.165, 1.54) is 6.42 Å². The Bertz CT molecular complexity index is 118. The van der Waals surface area contributed by atoms with Gasteiger partial charge in [-0.05, 0) is 26.2 Å². The summed E-state index contributed by atoms with van der Waals surface area (Å²) in [6, 6.07) is 0. The minimum atomic E-state index is 0.0388. The van der Waals surface area contributed by atoms with Gasteiger partial charge in [-0.1, -0.05) is 0 Å². The predicted octanol–water partition coefficient (Wildman–Crippen LogP) is 0.527. The van der Waals surface area contributed by atoms with Crippen molar-refractivity contribution >= 4 is 0 Å². The van der Waals surface area contributed by atoms with Gasteiger partial charge in [0.15, 0.2) is 0 Å². The summed E-state index contributed by atoms with van der Waals surface area (Å²) >= 11 is 0. The largest absolute Gasteiger partial charge is 0.394 e. The van der Waals surface area contributed by atoms with Crippen LogP contribution in [0.25, 0.3) is 0 Å². The Kier molecular flexibility index (Phi) is 3.98. The molecule has 0 heterocycles. The fourth-order valence-electron chi connectivity index (χ4n) is 1.53. The van der Waals surface area contributed by atoms with Crippen molar-refractivity contribution in [2.75, 3.05) is 26.4 Å². The Balaban J connectivity index is 2.04. The Morgan fingerprint density at radius 1 is 1.50 bits per heavy atom. The van der Waals surface area contributed by atoms with Gasteiger partial charge in [0.1, 0.15) is 0 Å². The van der Waals surface area contributed by atoms with Gasteiger partial charge in [0, 0.05) is 18.7 Å². The minimum absolute atomic E-state index is 0.0388. The highest BCUT2D eigenvalue weighted by Crippen LogP contribution is 2.30. The van der Waals surface area contributed by atoms with Crippen molar-refractivity contribution in [3.05, 3.63) is 0 Å². The maximum absolute atomic E-state index is 9.09. The number of hydrogen-bond donors (Lipinski definition) is 2. The highest BCUT2D eigenvalue weighted by molar-refractivity contribution is 4.95. The fraction of sp³-hybridized carbons (Fsp3) is 1.00. The SMILES string of the molecule is CCOCCNC1(CO)CCC1. The lowest BCUT2D eigenvalue weighted by atomic mass is 9.77. The molecule has 1 saturated carbocycles. The topological polar surface area (TPSA) is 41.5 Å². The lowest BCUT2D eigenvalue weighted by Gasteiger charge is -2.41. The zero-order valence-corrected chi connectivity index (χ0v) is 7.81. The summed E-state index contributed by atoms with van der Waals surface area (Å²) < 4.78 is 5.20. The molecule has 0 spiro atoms. The number of aliphatic hydroxyl groups excluding tert-OH is 1. The molecular weight excluding hydrogens is 154 g/mol. The molecular formula is C9H19NO2. The first kappa shape index (κ1) is 9.96. The first-order valence-electron chi connectivity index (χ1n) is 4.76. The Hall–Kier alpha value is -0.120. The van der Waals surface area contributed by atoms with Crippen LogP contribution in [0.5, 0.6) is 0 Å². The molecule has 0 aromatic heterocycles. The molecule has 0 bridgehead atoms. The Labute approximate surface area is 74.1 Å². The standard InChI is InChI=1S/C9H19NO2/c1-2-12-7-6-10-9(8-11)4-3-5-9/h10-11H,2-8H2,1H3. The number of aliphatic hydroxyl groups is 1. The van der Waals surface area contributed by atoms with Crippen LogP contribution < -0.4 is 5.32 Å². The number of hydrogen-bond acceptors (Lipinski definition) is 3. The molecule has 1 fully saturated rings. The number of rotatable bonds is 6. The zero-order valence-electron chi connectivity index (χ0n) is 7.81. The van der Waals surface area contributed by atoms with Gasteiger partial charge in [-0.3, -0.25) is 0 Å². The van der Waals surface area contributed by atoms with Gasteiger partial charge in [0.2, 0.25) is 0 Å². The molecule has 72 valence electrons. The molecule has 0 aliphatic heterocycles. The maximum Gasteiger partial charge on any atom is 0.0613 e. The summed E-state index contributed by atoms with van der Waals surface area (Å²) in [7, 11) is 0. The van der Waals surface area contributed by atoms with Crippen LogP contribution in [0.2, 0.25) is 0 Å². The molecule has 3 nitrogen and oxygen atoms in total. The highest BCUT2D eigenvalue weighted by atomic mass is 16.5. The van der Waals surface area contributed by atoms with Gasteiger partial charge in [-0.2, -0.15) is 0 Å².